The normalized spacial score (nSPS) is 16.8. The van der Waals surface area contributed by atoms with Gasteiger partial charge < -0.3 is 14.6 Å². The molecule has 2 aromatic heterocycles. The van der Waals surface area contributed by atoms with Crippen molar-refractivity contribution in [2.45, 2.75) is 51.9 Å². The molecule has 0 radical (unpaired) electrons. The number of imidazole rings is 1. The predicted molar refractivity (Wildman–Crippen MR) is 133 cm³/mol. The summed E-state index contributed by atoms with van der Waals surface area (Å²) < 4.78 is 47.9. The minimum atomic E-state index is -2.92. The Kier molecular flexibility index (Phi) is 7.14. The fourth-order valence-electron chi connectivity index (χ4n) is 3.91. The summed E-state index contributed by atoms with van der Waals surface area (Å²) in [5, 5.41) is 18.0. The number of rotatable bonds is 4. The maximum atomic E-state index is 15.2. The van der Waals surface area contributed by atoms with E-state index in [1.807, 2.05) is 6.07 Å². The Balaban J connectivity index is 1.72. The van der Waals surface area contributed by atoms with Gasteiger partial charge in [0, 0.05) is 17.4 Å². The zero-order valence-electron chi connectivity index (χ0n) is 21.1. The third kappa shape index (κ3) is 5.73. The number of hydrogen-bond donors (Lipinski definition) is 2. The Morgan fingerprint density at radius 2 is 1.97 bits per heavy atom. The molecule has 0 bridgehead atoms. The molecular formula is C24H22ClF3N8O3. The second-order valence-electron chi connectivity index (χ2n) is 9.74. The van der Waals surface area contributed by atoms with Crippen molar-refractivity contribution in [3.63, 3.8) is 0 Å². The highest BCUT2D eigenvalue weighted by atomic mass is 35.5. The first-order valence-electron chi connectivity index (χ1n) is 11.4. The van der Waals surface area contributed by atoms with E-state index in [1.54, 1.807) is 27.7 Å². The van der Waals surface area contributed by atoms with Crippen LogP contribution in [0.15, 0.2) is 35.5 Å². The van der Waals surface area contributed by atoms with Gasteiger partial charge >= 0.3 is 12.6 Å². The summed E-state index contributed by atoms with van der Waals surface area (Å²) in [6.07, 6.45) is 0.0900. The number of carbonyl (C=O) groups is 2. The van der Waals surface area contributed by atoms with Crippen LogP contribution in [0.5, 0.6) is 0 Å². The van der Waals surface area contributed by atoms with Crippen molar-refractivity contribution in [1.82, 2.24) is 24.6 Å². The van der Waals surface area contributed by atoms with Gasteiger partial charge in [0.1, 0.15) is 23.0 Å². The molecule has 0 saturated heterocycles. The SMILES string of the molecule is CC(C)(C)OC(=O)NC1=N[C@](C)(c2cc(NC(=O)c3ccn(C(F)F)n3)ccc2F)Cn2c1nc(Cl)c2C#N. The lowest BCUT2D eigenvalue weighted by Crippen LogP contribution is -2.44. The van der Waals surface area contributed by atoms with E-state index in [2.05, 4.69) is 25.7 Å². The molecule has 0 unspecified atom stereocenters. The number of ether oxygens (including phenoxy) is 1. The predicted octanol–water partition coefficient (Wildman–Crippen LogP) is 4.59. The number of halogens is 4. The Morgan fingerprint density at radius 1 is 1.26 bits per heavy atom. The number of nitrogens with one attached hydrogen (secondary N) is 2. The Bertz CT molecular complexity index is 1540. The second kappa shape index (κ2) is 10.1. The highest BCUT2D eigenvalue weighted by Gasteiger charge is 2.39. The fraction of sp³-hybridized carbons (Fsp3) is 0.333. The molecule has 0 aliphatic carbocycles. The summed E-state index contributed by atoms with van der Waals surface area (Å²) in [6.45, 7) is 3.53. The van der Waals surface area contributed by atoms with Gasteiger partial charge in [-0.3, -0.25) is 15.1 Å². The number of alkyl carbamates (subject to hydrolysis) is 1. The average Bonchev–Trinajstić information content (AvgIpc) is 3.44. The molecule has 204 valence electrons. The minimum absolute atomic E-state index is 0.0127. The molecule has 1 atom stereocenters. The van der Waals surface area contributed by atoms with Crippen LogP contribution in [0.25, 0.3) is 0 Å². The fourth-order valence-corrected chi connectivity index (χ4v) is 4.14. The molecule has 0 fully saturated rings. The third-order valence-electron chi connectivity index (χ3n) is 5.53. The number of nitrogens with zero attached hydrogens (tertiary/aromatic N) is 6. The highest BCUT2D eigenvalue weighted by molar-refractivity contribution is 6.30. The molecule has 1 aromatic carbocycles. The van der Waals surface area contributed by atoms with Crippen molar-refractivity contribution < 1.29 is 27.5 Å². The van der Waals surface area contributed by atoms with Crippen LogP contribution in [0.3, 0.4) is 0 Å². The first-order valence-corrected chi connectivity index (χ1v) is 11.8. The Labute approximate surface area is 225 Å². The molecule has 2 N–H and O–H groups in total. The van der Waals surface area contributed by atoms with Gasteiger partial charge in [0.25, 0.3) is 5.91 Å². The standard InChI is InChI=1S/C24H22ClF3N8O3/c1-23(2,3)39-22(38)32-18-19-31-17(25)16(10-29)35(19)11-24(4,33-18)13-9-12(5-6-14(13)26)30-20(37)15-7-8-36(34-15)21(27)28/h5-9,21H,11H2,1-4H3,(H,30,37)(H,32,33,38)/t24-/m0/s1. The summed E-state index contributed by atoms with van der Waals surface area (Å²) in [4.78, 5) is 33.8. The zero-order valence-corrected chi connectivity index (χ0v) is 21.8. The molecule has 39 heavy (non-hydrogen) atoms. The van der Waals surface area contributed by atoms with Gasteiger partial charge in [0.2, 0.25) is 0 Å². The molecule has 3 heterocycles. The quantitative estimate of drug-likeness (QED) is 0.477. The number of carbonyl (C=O) groups excluding carboxylic acids is 2. The topological polar surface area (TPSA) is 139 Å². The van der Waals surface area contributed by atoms with Crippen molar-refractivity contribution in [3.8, 4) is 6.07 Å². The van der Waals surface area contributed by atoms with E-state index in [1.165, 1.54) is 16.7 Å². The van der Waals surface area contributed by atoms with Crippen molar-refractivity contribution in [2.75, 3.05) is 5.32 Å². The first-order chi connectivity index (χ1) is 18.2. The van der Waals surface area contributed by atoms with Crippen LogP contribution in [0.1, 0.15) is 61.8 Å². The smallest absolute Gasteiger partial charge is 0.413 e. The van der Waals surface area contributed by atoms with Crippen LogP contribution in [-0.2, 0) is 16.8 Å². The van der Waals surface area contributed by atoms with Gasteiger partial charge in [-0.25, -0.2) is 18.9 Å². The summed E-state index contributed by atoms with van der Waals surface area (Å²) in [5.74, 6) is -1.55. The van der Waals surface area contributed by atoms with Gasteiger partial charge in [-0.05, 0) is 52.0 Å². The number of fused-ring (bicyclic) bond motifs is 1. The number of amidine groups is 1. The van der Waals surface area contributed by atoms with Crippen molar-refractivity contribution in [1.29, 1.82) is 5.26 Å². The van der Waals surface area contributed by atoms with Gasteiger partial charge in [-0.2, -0.15) is 19.1 Å². The van der Waals surface area contributed by atoms with Crippen LogP contribution in [0, 0.1) is 17.1 Å². The van der Waals surface area contributed by atoms with Crippen molar-refractivity contribution in [3.05, 3.63) is 64.2 Å². The second-order valence-corrected chi connectivity index (χ2v) is 10.1. The lowest BCUT2D eigenvalue weighted by molar-refractivity contribution is 0.0553. The Morgan fingerprint density at radius 3 is 2.59 bits per heavy atom. The molecule has 1 aliphatic rings. The molecular weight excluding hydrogens is 541 g/mol. The van der Waals surface area contributed by atoms with E-state index in [0.717, 1.165) is 18.3 Å². The monoisotopic (exact) mass is 562 g/mol. The molecule has 1 aliphatic heterocycles. The third-order valence-corrected chi connectivity index (χ3v) is 5.80. The molecule has 3 aromatic rings. The number of benzene rings is 1. The van der Waals surface area contributed by atoms with E-state index in [-0.39, 0.29) is 46.0 Å². The number of aromatic nitrogens is 4. The molecule has 15 heteroatoms. The number of aliphatic imine (C=N–C) groups is 1. The van der Waals surface area contributed by atoms with E-state index in [9.17, 15) is 23.6 Å². The number of amides is 2. The van der Waals surface area contributed by atoms with E-state index < -0.39 is 35.5 Å². The number of hydrogen-bond acceptors (Lipinski definition) is 7. The molecule has 0 saturated carbocycles. The van der Waals surface area contributed by atoms with Crippen LogP contribution in [0.4, 0.5) is 23.7 Å². The van der Waals surface area contributed by atoms with Gasteiger partial charge in [0.05, 0.1) is 6.54 Å². The van der Waals surface area contributed by atoms with E-state index >= 15 is 4.39 Å². The van der Waals surface area contributed by atoms with Crippen LogP contribution in [0.2, 0.25) is 5.15 Å². The first kappa shape index (κ1) is 27.6. The zero-order chi connectivity index (χ0) is 28.7. The number of alkyl halides is 2. The Hall–Kier alpha value is -4.38. The van der Waals surface area contributed by atoms with E-state index in [0.29, 0.717) is 4.68 Å². The van der Waals surface area contributed by atoms with Crippen molar-refractivity contribution >= 4 is 35.1 Å². The summed E-state index contributed by atoms with van der Waals surface area (Å²) in [7, 11) is 0. The summed E-state index contributed by atoms with van der Waals surface area (Å²) >= 11 is 6.15. The molecule has 4 rings (SSSR count). The van der Waals surface area contributed by atoms with Gasteiger partial charge in [-0.15, -0.1) is 0 Å². The molecule has 2 amide bonds. The average molecular weight is 563 g/mol. The van der Waals surface area contributed by atoms with Crippen LogP contribution in [-0.4, -0.2) is 42.8 Å². The number of anilines is 1. The lowest BCUT2D eigenvalue weighted by atomic mass is 9.90. The number of nitriles is 1. The maximum Gasteiger partial charge on any atom is 0.413 e. The molecule has 11 nitrogen and oxygen atoms in total. The van der Waals surface area contributed by atoms with Crippen molar-refractivity contribution in [2.24, 2.45) is 4.99 Å². The van der Waals surface area contributed by atoms with Gasteiger partial charge in [0.15, 0.2) is 28.2 Å². The highest BCUT2D eigenvalue weighted by Crippen LogP contribution is 2.36. The summed E-state index contributed by atoms with van der Waals surface area (Å²) in [6, 6.07) is 6.72. The van der Waals surface area contributed by atoms with Gasteiger partial charge in [-0.1, -0.05) is 11.6 Å². The largest absolute Gasteiger partial charge is 0.444 e. The maximum absolute atomic E-state index is 15.2. The van der Waals surface area contributed by atoms with Crippen LogP contribution < -0.4 is 10.6 Å². The summed E-state index contributed by atoms with van der Waals surface area (Å²) in [5.41, 5.74) is -2.47. The van der Waals surface area contributed by atoms with E-state index in [4.69, 9.17) is 16.3 Å². The van der Waals surface area contributed by atoms with Crippen LogP contribution >= 0.6 is 11.6 Å². The lowest BCUT2D eigenvalue weighted by Gasteiger charge is -2.33. The minimum Gasteiger partial charge on any atom is -0.444 e. The molecule has 0 spiro atoms.